The van der Waals surface area contributed by atoms with Crippen molar-refractivity contribution in [1.82, 2.24) is 30.2 Å². The van der Waals surface area contributed by atoms with Crippen LogP contribution < -0.4 is 10.6 Å². The second kappa shape index (κ2) is 7.95. The zero-order chi connectivity index (χ0) is 22.4. The molecule has 1 unspecified atom stereocenters. The molecule has 4 heterocycles. The Morgan fingerprint density at radius 2 is 1.94 bits per heavy atom. The molecule has 5 rings (SSSR count). The lowest BCUT2D eigenvalue weighted by molar-refractivity contribution is -0.136. The van der Waals surface area contributed by atoms with Crippen molar-refractivity contribution in [2.45, 2.75) is 45.1 Å². The van der Waals surface area contributed by atoms with Crippen LogP contribution >= 0.6 is 0 Å². The van der Waals surface area contributed by atoms with E-state index in [4.69, 9.17) is 0 Å². The quantitative estimate of drug-likeness (QED) is 0.635. The molecule has 1 atom stereocenters. The molecule has 0 saturated carbocycles. The molecule has 166 valence electrons. The van der Waals surface area contributed by atoms with Crippen LogP contribution in [-0.2, 0) is 35.8 Å². The van der Waals surface area contributed by atoms with Crippen LogP contribution in [0.25, 0.3) is 0 Å². The minimum atomic E-state index is -0.961. The SMILES string of the molecule is CN(Cc1cccc2c1C(=O)N(C1CCC(=O)NC1=O)C2=O)Cc1cnn2c1CNCC2. The minimum absolute atomic E-state index is 0.101. The third-order valence-electron chi connectivity index (χ3n) is 6.26. The van der Waals surface area contributed by atoms with Gasteiger partial charge in [0.1, 0.15) is 6.04 Å². The molecule has 0 spiro atoms. The van der Waals surface area contributed by atoms with Gasteiger partial charge < -0.3 is 5.32 Å². The third kappa shape index (κ3) is 3.41. The Balaban J connectivity index is 1.37. The highest BCUT2D eigenvalue weighted by Crippen LogP contribution is 2.30. The number of benzene rings is 1. The number of hydrogen-bond donors (Lipinski definition) is 2. The van der Waals surface area contributed by atoms with Gasteiger partial charge in [0, 0.05) is 38.2 Å². The molecule has 10 nitrogen and oxygen atoms in total. The van der Waals surface area contributed by atoms with Crippen LogP contribution in [0.5, 0.6) is 0 Å². The second-order valence-electron chi connectivity index (χ2n) is 8.48. The van der Waals surface area contributed by atoms with E-state index in [1.54, 1.807) is 12.1 Å². The van der Waals surface area contributed by atoms with Gasteiger partial charge in [-0.15, -0.1) is 0 Å². The number of hydrogen-bond acceptors (Lipinski definition) is 7. The molecule has 10 heteroatoms. The first-order valence-corrected chi connectivity index (χ1v) is 10.7. The van der Waals surface area contributed by atoms with Gasteiger partial charge in [-0.2, -0.15) is 5.10 Å². The van der Waals surface area contributed by atoms with E-state index in [1.807, 2.05) is 24.0 Å². The number of nitrogens with one attached hydrogen (secondary N) is 2. The number of rotatable bonds is 5. The minimum Gasteiger partial charge on any atom is -0.309 e. The maximum atomic E-state index is 13.2. The summed E-state index contributed by atoms with van der Waals surface area (Å²) in [5, 5.41) is 10.0. The molecule has 4 amide bonds. The van der Waals surface area contributed by atoms with Crippen molar-refractivity contribution in [2.24, 2.45) is 0 Å². The third-order valence-corrected chi connectivity index (χ3v) is 6.26. The lowest BCUT2D eigenvalue weighted by Gasteiger charge is -2.28. The molecule has 3 aliphatic rings. The van der Waals surface area contributed by atoms with E-state index in [2.05, 4.69) is 20.6 Å². The summed E-state index contributed by atoms with van der Waals surface area (Å²) in [6.07, 6.45) is 2.13. The van der Waals surface area contributed by atoms with Crippen LogP contribution in [0.3, 0.4) is 0 Å². The largest absolute Gasteiger partial charge is 0.309 e. The van der Waals surface area contributed by atoms with Crippen molar-refractivity contribution in [3.05, 3.63) is 52.3 Å². The van der Waals surface area contributed by atoms with Crippen molar-refractivity contribution in [3.63, 3.8) is 0 Å². The van der Waals surface area contributed by atoms with Crippen molar-refractivity contribution < 1.29 is 19.2 Å². The van der Waals surface area contributed by atoms with Gasteiger partial charge in [-0.05, 0) is 25.1 Å². The number of piperidine rings is 1. The van der Waals surface area contributed by atoms with Crippen molar-refractivity contribution in [2.75, 3.05) is 13.6 Å². The molecular formula is C22H24N6O4. The molecule has 2 N–H and O–H groups in total. The van der Waals surface area contributed by atoms with E-state index in [0.717, 1.165) is 41.4 Å². The Hall–Kier alpha value is -3.37. The molecular weight excluding hydrogens is 412 g/mol. The van der Waals surface area contributed by atoms with Gasteiger partial charge in [-0.25, -0.2) is 0 Å². The fourth-order valence-corrected chi connectivity index (χ4v) is 4.72. The number of nitrogens with zero attached hydrogens (tertiary/aromatic N) is 4. The van der Waals surface area contributed by atoms with E-state index < -0.39 is 23.8 Å². The van der Waals surface area contributed by atoms with Gasteiger partial charge in [0.05, 0.1) is 29.6 Å². The predicted octanol–water partition coefficient (Wildman–Crippen LogP) is 0.0195. The summed E-state index contributed by atoms with van der Waals surface area (Å²) in [4.78, 5) is 53.1. The normalized spacial score (nSPS) is 20.6. The molecule has 1 saturated heterocycles. The molecule has 3 aliphatic heterocycles. The Bertz CT molecular complexity index is 1140. The average Bonchev–Trinajstić information content (AvgIpc) is 3.28. The summed E-state index contributed by atoms with van der Waals surface area (Å²) in [7, 11) is 1.96. The van der Waals surface area contributed by atoms with Crippen LogP contribution in [0, 0.1) is 0 Å². The van der Waals surface area contributed by atoms with Gasteiger partial charge in [0.15, 0.2) is 0 Å². The van der Waals surface area contributed by atoms with Crippen LogP contribution in [-0.4, -0.2) is 62.8 Å². The molecule has 2 aromatic rings. The van der Waals surface area contributed by atoms with Gasteiger partial charge in [0.25, 0.3) is 11.8 Å². The molecule has 1 fully saturated rings. The lowest BCUT2D eigenvalue weighted by Crippen LogP contribution is -2.54. The van der Waals surface area contributed by atoms with E-state index in [0.29, 0.717) is 24.2 Å². The molecule has 0 radical (unpaired) electrons. The fraction of sp³-hybridized carbons (Fsp3) is 0.409. The van der Waals surface area contributed by atoms with E-state index in [-0.39, 0.29) is 18.7 Å². The number of amides is 4. The predicted molar refractivity (Wildman–Crippen MR) is 112 cm³/mol. The van der Waals surface area contributed by atoms with E-state index in [1.165, 1.54) is 0 Å². The summed E-state index contributed by atoms with van der Waals surface area (Å²) in [6, 6.07) is 4.25. The van der Waals surface area contributed by atoms with Crippen molar-refractivity contribution in [1.29, 1.82) is 0 Å². The van der Waals surface area contributed by atoms with Gasteiger partial charge in [-0.3, -0.25) is 39.0 Å². The summed E-state index contributed by atoms with van der Waals surface area (Å²) < 4.78 is 2.01. The van der Waals surface area contributed by atoms with Crippen molar-refractivity contribution >= 4 is 23.6 Å². The lowest BCUT2D eigenvalue weighted by atomic mass is 10.0. The Morgan fingerprint density at radius 3 is 2.75 bits per heavy atom. The topological polar surface area (TPSA) is 117 Å². The number of carbonyl (C=O) groups excluding carboxylic acids is 4. The fourth-order valence-electron chi connectivity index (χ4n) is 4.72. The zero-order valence-electron chi connectivity index (χ0n) is 17.8. The smallest absolute Gasteiger partial charge is 0.262 e. The number of carbonyl (C=O) groups is 4. The van der Waals surface area contributed by atoms with E-state index >= 15 is 0 Å². The van der Waals surface area contributed by atoms with Gasteiger partial charge >= 0.3 is 0 Å². The first kappa shape index (κ1) is 20.5. The second-order valence-corrected chi connectivity index (χ2v) is 8.48. The highest BCUT2D eigenvalue weighted by Gasteiger charge is 2.45. The van der Waals surface area contributed by atoms with E-state index in [9.17, 15) is 19.2 Å². The number of aromatic nitrogens is 2. The zero-order valence-corrected chi connectivity index (χ0v) is 17.8. The summed E-state index contributed by atoms with van der Waals surface area (Å²) >= 11 is 0. The molecule has 0 aliphatic carbocycles. The summed E-state index contributed by atoms with van der Waals surface area (Å²) in [6.45, 7) is 3.64. The standard InChI is InChI=1S/C22H24N6O4/c1-26(12-14-9-24-27-8-7-23-10-17(14)27)11-13-3-2-4-15-19(13)22(32)28(21(15)31)16-5-6-18(29)25-20(16)30/h2-4,9,16,23H,5-8,10-12H2,1H3,(H,25,29,30). The molecule has 32 heavy (non-hydrogen) atoms. The Kier molecular flexibility index (Phi) is 5.10. The Labute approximate surface area is 184 Å². The molecule has 1 aromatic carbocycles. The first-order chi connectivity index (χ1) is 15.4. The van der Waals surface area contributed by atoms with Crippen LogP contribution in [0.1, 0.15) is 50.4 Å². The summed E-state index contributed by atoms with van der Waals surface area (Å²) in [5.41, 5.74) is 3.67. The van der Waals surface area contributed by atoms with Crippen molar-refractivity contribution in [3.8, 4) is 0 Å². The molecule has 0 bridgehead atoms. The van der Waals surface area contributed by atoms with Crippen LogP contribution in [0.15, 0.2) is 24.4 Å². The van der Waals surface area contributed by atoms with Gasteiger partial charge in [0.2, 0.25) is 11.8 Å². The maximum Gasteiger partial charge on any atom is 0.262 e. The van der Waals surface area contributed by atoms with Gasteiger partial charge in [-0.1, -0.05) is 12.1 Å². The van der Waals surface area contributed by atoms with Crippen LogP contribution in [0.2, 0.25) is 0 Å². The highest BCUT2D eigenvalue weighted by atomic mass is 16.2. The molecule has 1 aromatic heterocycles. The Morgan fingerprint density at radius 1 is 1.12 bits per heavy atom. The van der Waals surface area contributed by atoms with Crippen LogP contribution in [0.4, 0.5) is 0 Å². The monoisotopic (exact) mass is 436 g/mol. The number of fused-ring (bicyclic) bond motifs is 2. The summed E-state index contributed by atoms with van der Waals surface area (Å²) in [5.74, 6) is -1.95. The maximum absolute atomic E-state index is 13.2. The highest BCUT2D eigenvalue weighted by molar-refractivity contribution is 6.24. The average molecular weight is 436 g/mol. The number of imide groups is 2. The first-order valence-electron chi connectivity index (χ1n) is 10.7.